The molecule has 3 rings (SSSR count). The molecule has 1 N–H and O–H groups in total. The van der Waals surface area contributed by atoms with E-state index in [0.717, 1.165) is 0 Å². The summed E-state index contributed by atoms with van der Waals surface area (Å²) < 4.78 is 31.7. The molecule has 1 unspecified atom stereocenters. The molecule has 0 aromatic heterocycles. The van der Waals surface area contributed by atoms with Crippen molar-refractivity contribution in [2.45, 2.75) is 24.5 Å². The first kappa shape index (κ1) is 18.7. The molecule has 1 aliphatic rings. The molecular formula is C17H14Cl2N2O4S. The van der Waals surface area contributed by atoms with Crippen LogP contribution in [0, 0.1) is 0 Å². The highest BCUT2D eigenvalue weighted by Gasteiger charge is 2.31. The van der Waals surface area contributed by atoms with Crippen LogP contribution in [-0.4, -0.2) is 26.3 Å². The normalized spacial score (nSPS) is 17.4. The van der Waals surface area contributed by atoms with Crippen molar-refractivity contribution < 1.29 is 17.9 Å². The number of ether oxygens (including phenoxy) is 1. The maximum atomic E-state index is 12.2. The molecule has 1 atom stereocenters. The number of benzene rings is 2. The lowest BCUT2D eigenvalue weighted by molar-refractivity contribution is -0.145. The number of sulfonamides is 1. The third kappa shape index (κ3) is 3.70. The minimum absolute atomic E-state index is 0.102. The molecule has 0 saturated carbocycles. The fourth-order valence-corrected chi connectivity index (χ4v) is 4.16. The number of carbonyl (C=O) groups is 1. The van der Waals surface area contributed by atoms with Crippen LogP contribution in [-0.2, 0) is 26.2 Å². The van der Waals surface area contributed by atoms with Gasteiger partial charge >= 0.3 is 5.97 Å². The second-order valence-corrected chi connectivity index (χ2v) is 8.03. The highest BCUT2D eigenvalue weighted by atomic mass is 35.5. The minimum atomic E-state index is -3.66. The fourth-order valence-electron chi connectivity index (χ4n) is 2.41. The Balaban J connectivity index is 1.75. The quantitative estimate of drug-likeness (QED) is 0.781. The number of esters is 1. The standard InChI is InChI=1S/C17H14Cl2N2O4S/c1-10(17(22)25-9-12-13(18)6-4-7-14(12)19)20-16-11-5-2-3-8-15(11)26(23,24)21-16/h2-8,10H,9H2,1H3,(H,20,21). The number of nitrogens with one attached hydrogen (secondary N) is 1. The van der Waals surface area contributed by atoms with Crippen molar-refractivity contribution in [3.8, 4) is 0 Å². The van der Waals surface area contributed by atoms with Gasteiger partial charge in [-0.25, -0.2) is 13.2 Å². The van der Waals surface area contributed by atoms with Gasteiger partial charge in [0.15, 0.2) is 0 Å². The van der Waals surface area contributed by atoms with E-state index < -0.39 is 22.0 Å². The molecule has 2 aromatic rings. The molecule has 0 fully saturated rings. The Morgan fingerprint density at radius 2 is 1.81 bits per heavy atom. The first-order valence-corrected chi connectivity index (χ1v) is 9.83. The SMILES string of the molecule is CC(N=C1NS(=O)(=O)c2ccccc21)C(=O)OCc1c(Cl)cccc1Cl. The number of nitrogens with zero attached hydrogens (tertiary/aromatic N) is 1. The van der Waals surface area contributed by atoms with Crippen LogP contribution in [0.25, 0.3) is 0 Å². The summed E-state index contributed by atoms with van der Waals surface area (Å²) in [6, 6.07) is 10.5. The number of amidine groups is 1. The summed E-state index contributed by atoms with van der Waals surface area (Å²) in [5, 5.41) is 0.781. The van der Waals surface area contributed by atoms with Gasteiger partial charge in [-0.05, 0) is 31.2 Å². The lowest BCUT2D eigenvalue weighted by atomic mass is 10.2. The monoisotopic (exact) mass is 412 g/mol. The van der Waals surface area contributed by atoms with Crippen molar-refractivity contribution >= 4 is 45.0 Å². The molecule has 0 saturated heterocycles. The Morgan fingerprint density at radius 3 is 2.50 bits per heavy atom. The molecule has 9 heteroatoms. The minimum Gasteiger partial charge on any atom is -0.459 e. The van der Waals surface area contributed by atoms with Gasteiger partial charge in [0.25, 0.3) is 10.0 Å². The van der Waals surface area contributed by atoms with Crippen molar-refractivity contribution in [2.75, 3.05) is 0 Å². The van der Waals surface area contributed by atoms with E-state index in [1.54, 1.807) is 36.4 Å². The van der Waals surface area contributed by atoms with E-state index in [1.165, 1.54) is 13.0 Å². The predicted molar refractivity (Wildman–Crippen MR) is 99.0 cm³/mol. The number of halogens is 2. The Kier molecular flexibility index (Phi) is 5.22. The zero-order valence-electron chi connectivity index (χ0n) is 13.6. The maximum Gasteiger partial charge on any atom is 0.330 e. The van der Waals surface area contributed by atoms with E-state index in [-0.39, 0.29) is 17.3 Å². The van der Waals surface area contributed by atoms with Gasteiger partial charge in [0, 0.05) is 21.2 Å². The zero-order chi connectivity index (χ0) is 18.9. The second kappa shape index (κ2) is 7.26. The molecule has 136 valence electrons. The molecule has 0 spiro atoms. The van der Waals surface area contributed by atoms with E-state index in [2.05, 4.69) is 9.71 Å². The highest BCUT2D eigenvalue weighted by Crippen LogP contribution is 2.25. The summed E-state index contributed by atoms with van der Waals surface area (Å²) in [7, 11) is -3.66. The zero-order valence-corrected chi connectivity index (χ0v) is 15.9. The van der Waals surface area contributed by atoms with Gasteiger partial charge in [-0.2, -0.15) is 0 Å². The Morgan fingerprint density at radius 1 is 1.15 bits per heavy atom. The number of carbonyl (C=O) groups excluding carboxylic acids is 1. The first-order valence-electron chi connectivity index (χ1n) is 7.59. The van der Waals surface area contributed by atoms with Crippen molar-refractivity contribution in [3.63, 3.8) is 0 Å². The van der Waals surface area contributed by atoms with Crippen molar-refractivity contribution in [1.29, 1.82) is 0 Å². The third-order valence-corrected chi connectivity index (χ3v) is 5.85. The van der Waals surface area contributed by atoms with E-state index in [1.807, 2.05) is 0 Å². The van der Waals surface area contributed by atoms with Crippen LogP contribution in [0.5, 0.6) is 0 Å². The summed E-state index contributed by atoms with van der Waals surface area (Å²) in [5.41, 5.74) is 0.914. The molecule has 0 radical (unpaired) electrons. The van der Waals surface area contributed by atoms with Crippen LogP contribution in [0.1, 0.15) is 18.1 Å². The lowest BCUT2D eigenvalue weighted by Crippen LogP contribution is -2.26. The molecule has 2 aromatic carbocycles. The maximum absolute atomic E-state index is 12.2. The van der Waals surface area contributed by atoms with Crippen molar-refractivity contribution in [3.05, 3.63) is 63.6 Å². The van der Waals surface area contributed by atoms with Gasteiger partial charge in [-0.15, -0.1) is 0 Å². The van der Waals surface area contributed by atoms with Crippen molar-refractivity contribution in [1.82, 2.24) is 4.72 Å². The van der Waals surface area contributed by atoms with Crippen LogP contribution >= 0.6 is 23.2 Å². The fraction of sp³-hybridized carbons (Fsp3) is 0.176. The van der Waals surface area contributed by atoms with Gasteiger partial charge in [-0.3, -0.25) is 9.71 Å². The number of hydrogen-bond donors (Lipinski definition) is 1. The summed E-state index contributed by atoms with van der Waals surface area (Å²) in [6.45, 7) is 1.41. The highest BCUT2D eigenvalue weighted by molar-refractivity contribution is 7.90. The Hall–Kier alpha value is -2.09. The average molecular weight is 413 g/mol. The van der Waals surface area contributed by atoms with E-state index in [9.17, 15) is 13.2 Å². The van der Waals surface area contributed by atoms with Crippen LogP contribution in [0.15, 0.2) is 52.4 Å². The predicted octanol–water partition coefficient (Wildman–Crippen LogP) is 3.16. The van der Waals surface area contributed by atoms with Crippen LogP contribution in [0.4, 0.5) is 0 Å². The molecule has 1 heterocycles. The number of aliphatic imine (C=N–C) groups is 1. The Labute approximate surface area is 160 Å². The van der Waals surface area contributed by atoms with Gasteiger partial charge < -0.3 is 4.74 Å². The topological polar surface area (TPSA) is 84.8 Å². The number of rotatable bonds is 4. The third-order valence-electron chi connectivity index (χ3n) is 3.75. The lowest BCUT2D eigenvalue weighted by Gasteiger charge is -2.11. The largest absolute Gasteiger partial charge is 0.459 e. The molecule has 0 bridgehead atoms. The number of fused-ring (bicyclic) bond motifs is 1. The first-order chi connectivity index (χ1) is 12.3. The molecular weight excluding hydrogens is 399 g/mol. The molecule has 26 heavy (non-hydrogen) atoms. The molecule has 1 aliphatic heterocycles. The van der Waals surface area contributed by atoms with Crippen molar-refractivity contribution in [2.24, 2.45) is 4.99 Å². The van der Waals surface area contributed by atoms with Crippen LogP contribution < -0.4 is 4.72 Å². The number of hydrogen-bond acceptors (Lipinski definition) is 5. The average Bonchev–Trinajstić information content (AvgIpc) is 2.85. The van der Waals surface area contributed by atoms with Crippen LogP contribution in [0.3, 0.4) is 0 Å². The summed E-state index contributed by atoms with van der Waals surface area (Å²) >= 11 is 12.1. The van der Waals surface area contributed by atoms with Gasteiger partial charge in [0.2, 0.25) is 0 Å². The van der Waals surface area contributed by atoms with E-state index in [4.69, 9.17) is 27.9 Å². The molecule has 6 nitrogen and oxygen atoms in total. The summed E-state index contributed by atoms with van der Waals surface area (Å²) in [6.07, 6.45) is 0. The molecule has 0 amide bonds. The molecule has 0 aliphatic carbocycles. The van der Waals surface area contributed by atoms with E-state index in [0.29, 0.717) is 21.2 Å². The van der Waals surface area contributed by atoms with Crippen LogP contribution in [0.2, 0.25) is 10.0 Å². The Bertz CT molecular complexity index is 985. The summed E-state index contributed by atoms with van der Waals surface area (Å²) in [5.74, 6) is -0.516. The van der Waals surface area contributed by atoms with Gasteiger partial charge in [0.05, 0.1) is 4.90 Å². The van der Waals surface area contributed by atoms with Gasteiger partial charge in [-0.1, -0.05) is 41.4 Å². The summed E-state index contributed by atoms with van der Waals surface area (Å²) in [4.78, 5) is 16.5. The second-order valence-electron chi connectivity index (χ2n) is 5.56. The van der Waals surface area contributed by atoms with E-state index >= 15 is 0 Å². The smallest absolute Gasteiger partial charge is 0.330 e. The van der Waals surface area contributed by atoms with Gasteiger partial charge in [0.1, 0.15) is 18.5 Å².